The molecule has 5 heteroatoms. The fourth-order valence-corrected chi connectivity index (χ4v) is 2.44. The van der Waals surface area contributed by atoms with Gasteiger partial charge in [0.15, 0.2) is 5.65 Å². The lowest BCUT2D eigenvalue weighted by atomic mass is 9.86. The van der Waals surface area contributed by atoms with Gasteiger partial charge in [0.2, 0.25) is 0 Å². The van der Waals surface area contributed by atoms with Gasteiger partial charge in [-0.1, -0.05) is 39.0 Å². The fourth-order valence-electron chi connectivity index (χ4n) is 2.44. The average Bonchev–Trinajstić information content (AvgIpc) is 2.94. The third-order valence-corrected chi connectivity index (χ3v) is 3.51. The van der Waals surface area contributed by atoms with Crippen molar-refractivity contribution in [1.29, 1.82) is 0 Å². The number of fused-ring (bicyclic) bond motifs is 1. The van der Waals surface area contributed by atoms with Crippen LogP contribution in [0, 0.1) is 0 Å². The molecular formula is C17H18N4O. The first-order valence-electron chi connectivity index (χ1n) is 7.16. The van der Waals surface area contributed by atoms with Crippen LogP contribution in [-0.4, -0.2) is 20.5 Å². The topological polar surface area (TPSA) is 59.3 Å². The first kappa shape index (κ1) is 14.3. The monoisotopic (exact) mass is 294 g/mol. The number of nitrogens with zero attached hydrogens (tertiary/aromatic N) is 3. The van der Waals surface area contributed by atoms with E-state index in [4.69, 9.17) is 0 Å². The minimum absolute atomic E-state index is 0.0524. The maximum Gasteiger partial charge on any atom is 0.274 e. The van der Waals surface area contributed by atoms with Gasteiger partial charge in [-0.25, -0.2) is 9.50 Å². The summed E-state index contributed by atoms with van der Waals surface area (Å²) in [6, 6.07) is 11.3. The van der Waals surface area contributed by atoms with Gasteiger partial charge >= 0.3 is 0 Å². The van der Waals surface area contributed by atoms with Crippen LogP contribution in [0.15, 0.2) is 48.8 Å². The summed E-state index contributed by atoms with van der Waals surface area (Å²) in [7, 11) is 0. The molecule has 0 bridgehead atoms. The van der Waals surface area contributed by atoms with Crippen LogP contribution < -0.4 is 5.32 Å². The van der Waals surface area contributed by atoms with E-state index < -0.39 is 0 Å². The van der Waals surface area contributed by atoms with Gasteiger partial charge in [0.05, 0.1) is 6.20 Å². The number of anilines is 1. The third kappa shape index (κ3) is 2.57. The van der Waals surface area contributed by atoms with E-state index in [1.807, 2.05) is 24.3 Å². The van der Waals surface area contributed by atoms with Crippen molar-refractivity contribution in [1.82, 2.24) is 14.6 Å². The van der Waals surface area contributed by atoms with Gasteiger partial charge in [-0.15, -0.1) is 0 Å². The zero-order valence-corrected chi connectivity index (χ0v) is 12.9. The van der Waals surface area contributed by atoms with E-state index in [-0.39, 0.29) is 11.3 Å². The average molecular weight is 294 g/mol. The molecule has 3 aromatic rings. The highest BCUT2D eigenvalue weighted by Crippen LogP contribution is 2.29. The van der Waals surface area contributed by atoms with Crippen molar-refractivity contribution in [3.05, 3.63) is 60.0 Å². The van der Waals surface area contributed by atoms with Gasteiger partial charge in [0.25, 0.3) is 5.91 Å². The summed E-state index contributed by atoms with van der Waals surface area (Å²) in [6.45, 7) is 6.36. The van der Waals surface area contributed by atoms with Crippen LogP contribution in [0.3, 0.4) is 0 Å². The number of para-hydroxylation sites is 1. The first-order chi connectivity index (χ1) is 10.5. The van der Waals surface area contributed by atoms with Gasteiger partial charge < -0.3 is 5.32 Å². The summed E-state index contributed by atoms with van der Waals surface area (Å²) in [5.41, 5.74) is 2.96. The molecular weight excluding hydrogens is 276 g/mol. The molecule has 0 radical (unpaired) electrons. The molecule has 0 aliphatic heterocycles. The number of nitrogens with one attached hydrogen (secondary N) is 1. The van der Waals surface area contributed by atoms with Gasteiger partial charge in [0, 0.05) is 18.0 Å². The lowest BCUT2D eigenvalue weighted by Crippen LogP contribution is -2.20. The Morgan fingerprint density at radius 3 is 2.64 bits per heavy atom. The molecule has 2 aromatic heterocycles. The molecule has 0 saturated heterocycles. The van der Waals surface area contributed by atoms with Crippen molar-refractivity contribution in [2.24, 2.45) is 0 Å². The maximum absolute atomic E-state index is 12.6. The number of amides is 1. The van der Waals surface area contributed by atoms with Gasteiger partial charge in [0.1, 0.15) is 5.69 Å². The lowest BCUT2D eigenvalue weighted by Gasteiger charge is -2.23. The quantitative estimate of drug-likeness (QED) is 0.789. The smallest absolute Gasteiger partial charge is 0.274 e. The van der Waals surface area contributed by atoms with Crippen molar-refractivity contribution in [2.45, 2.75) is 26.2 Å². The molecule has 0 fully saturated rings. The molecule has 0 spiro atoms. The molecule has 1 amide bonds. The molecule has 0 unspecified atom stereocenters. The second kappa shape index (κ2) is 5.26. The van der Waals surface area contributed by atoms with E-state index in [1.54, 1.807) is 24.5 Å². The Morgan fingerprint density at radius 2 is 1.86 bits per heavy atom. The van der Waals surface area contributed by atoms with Crippen molar-refractivity contribution >= 4 is 17.2 Å². The van der Waals surface area contributed by atoms with Crippen molar-refractivity contribution in [2.75, 3.05) is 5.32 Å². The second-order valence-corrected chi connectivity index (χ2v) is 6.18. The van der Waals surface area contributed by atoms with Crippen LogP contribution in [0.25, 0.3) is 5.65 Å². The van der Waals surface area contributed by atoms with Crippen molar-refractivity contribution in [3.8, 4) is 0 Å². The lowest BCUT2D eigenvalue weighted by molar-refractivity contribution is 0.101. The zero-order chi connectivity index (χ0) is 15.7. The molecule has 1 aromatic carbocycles. The molecule has 0 saturated carbocycles. The van der Waals surface area contributed by atoms with Crippen LogP contribution in [0.2, 0.25) is 0 Å². The first-order valence-corrected chi connectivity index (χ1v) is 7.16. The van der Waals surface area contributed by atoms with Crippen LogP contribution in [0.1, 0.15) is 36.8 Å². The number of carbonyl (C=O) groups excluding carboxylic acids is 1. The summed E-state index contributed by atoms with van der Waals surface area (Å²) < 4.78 is 1.54. The molecule has 22 heavy (non-hydrogen) atoms. The standard InChI is InChI=1S/C17H18N4O/c1-17(2,3)12-6-4-5-7-13(12)20-16(22)14-8-10-18-15-9-11-19-21(14)15/h4-11H,1-3H3,(H,20,22). The van der Waals surface area contributed by atoms with Gasteiger partial charge in [-0.2, -0.15) is 5.10 Å². The predicted octanol–water partition coefficient (Wildman–Crippen LogP) is 3.28. The van der Waals surface area contributed by atoms with Gasteiger partial charge in [-0.05, 0) is 23.1 Å². The minimum Gasteiger partial charge on any atom is -0.320 e. The van der Waals surface area contributed by atoms with E-state index >= 15 is 0 Å². The Kier molecular flexibility index (Phi) is 3.41. The second-order valence-electron chi connectivity index (χ2n) is 6.18. The van der Waals surface area contributed by atoms with Crippen molar-refractivity contribution in [3.63, 3.8) is 0 Å². The largest absolute Gasteiger partial charge is 0.320 e. The van der Waals surface area contributed by atoms with Crippen molar-refractivity contribution < 1.29 is 4.79 Å². The summed E-state index contributed by atoms with van der Waals surface area (Å²) in [5, 5.41) is 7.13. The normalized spacial score (nSPS) is 11.6. The molecule has 0 aliphatic rings. The number of aromatic nitrogens is 3. The Bertz CT molecular complexity index is 830. The van der Waals surface area contributed by atoms with E-state index in [0.717, 1.165) is 11.3 Å². The van der Waals surface area contributed by atoms with Crippen LogP contribution >= 0.6 is 0 Å². The Morgan fingerprint density at radius 1 is 1.09 bits per heavy atom. The van der Waals surface area contributed by atoms with Crippen LogP contribution in [0.5, 0.6) is 0 Å². The maximum atomic E-state index is 12.6. The Labute approximate surface area is 129 Å². The molecule has 3 rings (SSSR count). The summed E-state index contributed by atoms with van der Waals surface area (Å²) >= 11 is 0. The molecule has 1 N–H and O–H groups in total. The summed E-state index contributed by atoms with van der Waals surface area (Å²) in [6.07, 6.45) is 3.24. The number of benzene rings is 1. The van der Waals surface area contributed by atoms with E-state index in [2.05, 4.69) is 36.2 Å². The zero-order valence-electron chi connectivity index (χ0n) is 12.9. The van der Waals surface area contributed by atoms with Crippen LogP contribution in [0.4, 0.5) is 5.69 Å². The van der Waals surface area contributed by atoms with Gasteiger partial charge in [-0.3, -0.25) is 4.79 Å². The minimum atomic E-state index is -0.201. The SMILES string of the molecule is CC(C)(C)c1ccccc1NC(=O)c1ccnc2ccnn12. The molecule has 112 valence electrons. The fraction of sp³-hybridized carbons (Fsp3) is 0.235. The van der Waals surface area contributed by atoms with E-state index in [0.29, 0.717) is 11.3 Å². The highest BCUT2D eigenvalue weighted by atomic mass is 16.2. The molecule has 5 nitrogen and oxygen atoms in total. The third-order valence-electron chi connectivity index (χ3n) is 3.51. The predicted molar refractivity (Wildman–Crippen MR) is 86.1 cm³/mol. The highest BCUT2D eigenvalue weighted by Gasteiger charge is 2.19. The molecule has 0 atom stereocenters. The Balaban J connectivity index is 1.97. The number of hydrogen-bond donors (Lipinski definition) is 1. The summed E-state index contributed by atoms with van der Waals surface area (Å²) in [5.74, 6) is -0.201. The Hall–Kier alpha value is -2.69. The van der Waals surface area contributed by atoms with E-state index in [9.17, 15) is 4.79 Å². The molecule has 0 aliphatic carbocycles. The number of rotatable bonds is 2. The highest BCUT2D eigenvalue weighted by molar-refractivity contribution is 6.03. The number of carbonyl (C=O) groups is 1. The summed E-state index contributed by atoms with van der Waals surface area (Å²) in [4.78, 5) is 16.8. The number of hydrogen-bond acceptors (Lipinski definition) is 3. The van der Waals surface area contributed by atoms with E-state index in [1.165, 1.54) is 4.52 Å². The molecule has 2 heterocycles. The van der Waals surface area contributed by atoms with Crippen LogP contribution in [-0.2, 0) is 5.41 Å².